The van der Waals surface area contributed by atoms with E-state index in [0.29, 0.717) is 12.0 Å². The van der Waals surface area contributed by atoms with Crippen LogP contribution in [0, 0.1) is 5.92 Å². The van der Waals surface area contributed by atoms with Crippen LogP contribution in [0.2, 0.25) is 0 Å². The van der Waals surface area contributed by atoms with Crippen molar-refractivity contribution in [3.8, 4) is 0 Å². The van der Waals surface area contributed by atoms with Crippen LogP contribution in [0.4, 0.5) is 0 Å². The Labute approximate surface area is 137 Å². The molecule has 3 heteroatoms. The monoisotopic (exact) mass is 310 g/mol. The smallest absolute Gasteiger partial charge is 0.188 e. The van der Waals surface area contributed by atoms with Gasteiger partial charge in [-0.05, 0) is 17.0 Å². The fraction of sp³-hybridized carbons (Fsp3) is 0.300. The third-order valence-electron chi connectivity index (χ3n) is 3.97. The van der Waals surface area contributed by atoms with Crippen molar-refractivity contribution in [1.29, 1.82) is 0 Å². The predicted molar refractivity (Wildman–Crippen MR) is 90.6 cm³/mol. The van der Waals surface area contributed by atoms with E-state index in [1.165, 1.54) is 0 Å². The number of aliphatic hydroxyl groups is 1. The number of aliphatic hydroxyl groups excluding tert-OH is 1. The van der Waals surface area contributed by atoms with E-state index in [0.717, 1.165) is 11.1 Å². The minimum Gasteiger partial charge on any atom is -0.388 e. The number of ketones is 2. The molecule has 3 nitrogen and oxygen atoms in total. The van der Waals surface area contributed by atoms with Crippen LogP contribution in [0.1, 0.15) is 41.3 Å². The summed E-state index contributed by atoms with van der Waals surface area (Å²) in [7, 11) is 0. The second-order valence-corrected chi connectivity index (χ2v) is 6.05. The molecule has 0 saturated carbocycles. The summed E-state index contributed by atoms with van der Waals surface area (Å²) >= 11 is 0. The van der Waals surface area contributed by atoms with Gasteiger partial charge >= 0.3 is 0 Å². The fourth-order valence-electron chi connectivity index (χ4n) is 2.81. The summed E-state index contributed by atoms with van der Waals surface area (Å²) in [5.74, 6) is -0.0465. The van der Waals surface area contributed by atoms with Crippen LogP contribution in [-0.2, 0) is 11.2 Å². The molecular weight excluding hydrogens is 288 g/mol. The molecule has 0 bridgehead atoms. The molecule has 0 heterocycles. The molecule has 1 atom stereocenters. The van der Waals surface area contributed by atoms with Gasteiger partial charge in [-0.25, -0.2) is 0 Å². The molecule has 2 rings (SSSR count). The van der Waals surface area contributed by atoms with Crippen LogP contribution < -0.4 is 0 Å². The van der Waals surface area contributed by atoms with E-state index in [1.807, 2.05) is 30.3 Å². The summed E-state index contributed by atoms with van der Waals surface area (Å²) in [5.41, 5.74) is 2.39. The lowest BCUT2D eigenvalue weighted by atomic mass is 9.83. The molecular formula is C20H22O3. The van der Waals surface area contributed by atoms with Gasteiger partial charge in [0, 0.05) is 17.9 Å². The summed E-state index contributed by atoms with van der Waals surface area (Å²) in [6.07, 6.45) is 0.339. The number of Topliss-reactive ketones (excluding diaryl/α,β-unsaturated/α-hetero) is 2. The largest absolute Gasteiger partial charge is 0.388 e. The standard InChI is InChI=1S/C20H22O3/c1-14(2)20(17-6-4-3-5-7-17)18(22)12-15-8-10-16(11-9-15)19(23)13-21/h3-11,14,20-21H,12-13H2,1-2H3/t20-/m0/s1. The quantitative estimate of drug-likeness (QED) is 0.797. The first-order chi connectivity index (χ1) is 11.0. The van der Waals surface area contributed by atoms with Crippen molar-refractivity contribution < 1.29 is 14.7 Å². The predicted octanol–water partition coefficient (Wildman–Crippen LogP) is 3.41. The Morgan fingerprint density at radius 1 is 0.957 bits per heavy atom. The van der Waals surface area contributed by atoms with Gasteiger partial charge in [-0.3, -0.25) is 9.59 Å². The zero-order chi connectivity index (χ0) is 16.8. The maximum Gasteiger partial charge on any atom is 0.188 e. The highest BCUT2D eigenvalue weighted by Crippen LogP contribution is 2.26. The van der Waals surface area contributed by atoms with Gasteiger partial charge in [0.25, 0.3) is 0 Å². The first-order valence-electron chi connectivity index (χ1n) is 7.83. The van der Waals surface area contributed by atoms with E-state index in [1.54, 1.807) is 24.3 Å². The molecule has 0 fully saturated rings. The molecule has 0 aromatic heterocycles. The zero-order valence-electron chi connectivity index (χ0n) is 13.5. The van der Waals surface area contributed by atoms with Crippen molar-refractivity contribution >= 4 is 11.6 Å². The van der Waals surface area contributed by atoms with Crippen LogP contribution in [0.3, 0.4) is 0 Å². The number of carbonyl (C=O) groups excluding carboxylic acids is 2. The van der Waals surface area contributed by atoms with Gasteiger partial charge in [-0.1, -0.05) is 68.4 Å². The van der Waals surface area contributed by atoms with Gasteiger partial charge < -0.3 is 5.11 Å². The maximum atomic E-state index is 12.7. The molecule has 0 radical (unpaired) electrons. The van der Waals surface area contributed by atoms with Crippen molar-refractivity contribution in [3.05, 3.63) is 71.3 Å². The van der Waals surface area contributed by atoms with E-state index < -0.39 is 6.61 Å². The minimum atomic E-state index is -0.498. The van der Waals surface area contributed by atoms with Gasteiger partial charge in [0.2, 0.25) is 0 Å². The first kappa shape index (κ1) is 17.1. The second kappa shape index (κ2) is 7.84. The Kier molecular flexibility index (Phi) is 5.83. The van der Waals surface area contributed by atoms with Crippen molar-refractivity contribution in [2.45, 2.75) is 26.2 Å². The van der Waals surface area contributed by atoms with E-state index >= 15 is 0 Å². The van der Waals surface area contributed by atoms with E-state index in [2.05, 4.69) is 13.8 Å². The normalized spacial score (nSPS) is 12.2. The Morgan fingerprint density at radius 2 is 1.57 bits per heavy atom. The molecule has 0 amide bonds. The molecule has 120 valence electrons. The summed E-state index contributed by atoms with van der Waals surface area (Å²) in [5, 5.41) is 8.86. The number of rotatable bonds is 7. The second-order valence-electron chi connectivity index (χ2n) is 6.05. The Morgan fingerprint density at radius 3 is 2.09 bits per heavy atom. The van der Waals surface area contributed by atoms with E-state index in [-0.39, 0.29) is 23.4 Å². The summed E-state index contributed by atoms with van der Waals surface area (Å²) in [6.45, 7) is 3.61. The number of hydrogen-bond donors (Lipinski definition) is 1. The van der Waals surface area contributed by atoms with Gasteiger partial charge in [-0.2, -0.15) is 0 Å². The average Bonchev–Trinajstić information content (AvgIpc) is 2.55. The average molecular weight is 310 g/mol. The fourth-order valence-corrected chi connectivity index (χ4v) is 2.81. The Balaban J connectivity index is 2.14. The van der Waals surface area contributed by atoms with Gasteiger partial charge in [0.1, 0.15) is 12.4 Å². The molecule has 2 aromatic rings. The lowest BCUT2D eigenvalue weighted by Gasteiger charge is -2.20. The summed E-state index contributed by atoms with van der Waals surface area (Å²) in [6, 6.07) is 16.7. The van der Waals surface area contributed by atoms with Crippen molar-refractivity contribution in [3.63, 3.8) is 0 Å². The maximum absolute atomic E-state index is 12.7. The molecule has 0 aliphatic carbocycles. The lowest BCUT2D eigenvalue weighted by molar-refractivity contribution is -0.120. The van der Waals surface area contributed by atoms with Crippen LogP contribution in [0.25, 0.3) is 0 Å². The van der Waals surface area contributed by atoms with Gasteiger partial charge in [0.05, 0.1) is 0 Å². The minimum absolute atomic E-state index is 0.130. The van der Waals surface area contributed by atoms with E-state index in [4.69, 9.17) is 5.11 Å². The summed E-state index contributed by atoms with van der Waals surface area (Å²) < 4.78 is 0. The van der Waals surface area contributed by atoms with Crippen LogP contribution in [0.5, 0.6) is 0 Å². The number of hydrogen-bond acceptors (Lipinski definition) is 3. The molecule has 0 aliphatic heterocycles. The Bertz CT molecular complexity index is 657. The highest BCUT2D eigenvalue weighted by atomic mass is 16.3. The highest BCUT2D eigenvalue weighted by molar-refractivity contribution is 5.97. The zero-order valence-corrected chi connectivity index (χ0v) is 13.5. The van der Waals surface area contributed by atoms with Crippen LogP contribution in [0.15, 0.2) is 54.6 Å². The molecule has 0 saturated heterocycles. The third kappa shape index (κ3) is 4.36. The first-order valence-corrected chi connectivity index (χ1v) is 7.83. The lowest BCUT2D eigenvalue weighted by Crippen LogP contribution is -2.20. The van der Waals surface area contributed by atoms with E-state index in [9.17, 15) is 9.59 Å². The number of benzene rings is 2. The highest BCUT2D eigenvalue weighted by Gasteiger charge is 2.23. The van der Waals surface area contributed by atoms with Crippen LogP contribution in [-0.4, -0.2) is 23.3 Å². The van der Waals surface area contributed by atoms with Crippen molar-refractivity contribution in [1.82, 2.24) is 0 Å². The SMILES string of the molecule is CC(C)[C@H](C(=O)Cc1ccc(C(=O)CO)cc1)c1ccccc1. The van der Waals surface area contributed by atoms with Gasteiger partial charge in [0.15, 0.2) is 5.78 Å². The Hall–Kier alpha value is -2.26. The molecule has 0 unspecified atom stereocenters. The topological polar surface area (TPSA) is 54.4 Å². The summed E-state index contributed by atoms with van der Waals surface area (Å²) in [4.78, 5) is 24.1. The van der Waals surface area contributed by atoms with Crippen LogP contribution >= 0.6 is 0 Å². The van der Waals surface area contributed by atoms with Crippen molar-refractivity contribution in [2.24, 2.45) is 5.92 Å². The number of carbonyl (C=O) groups is 2. The molecule has 23 heavy (non-hydrogen) atoms. The van der Waals surface area contributed by atoms with Crippen molar-refractivity contribution in [2.75, 3.05) is 6.61 Å². The molecule has 0 spiro atoms. The molecule has 0 aliphatic rings. The third-order valence-corrected chi connectivity index (χ3v) is 3.97. The molecule has 1 N–H and O–H groups in total. The van der Waals surface area contributed by atoms with Gasteiger partial charge in [-0.15, -0.1) is 0 Å². The molecule has 2 aromatic carbocycles.